The molecule has 80 valence electrons. The highest BCUT2D eigenvalue weighted by Gasteiger charge is 2.26. The molecule has 2 rings (SSSR count). The van der Waals surface area contributed by atoms with Crippen LogP contribution in [0.2, 0.25) is 0 Å². The highest BCUT2D eigenvalue weighted by Crippen LogP contribution is 2.25. The first-order chi connectivity index (χ1) is 7.74. The van der Waals surface area contributed by atoms with Gasteiger partial charge in [-0.25, -0.2) is 5.01 Å². The van der Waals surface area contributed by atoms with Crippen LogP contribution in [0, 0.1) is 0 Å². The van der Waals surface area contributed by atoms with Gasteiger partial charge in [0.2, 0.25) is 0 Å². The van der Waals surface area contributed by atoms with Crippen molar-refractivity contribution < 1.29 is 4.79 Å². The average molecular weight is 215 g/mol. The smallest absolute Gasteiger partial charge is 0.255 e. The zero-order chi connectivity index (χ0) is 11.5. The first kappa shape index (κ1) is 10.2. The van der Waals surface area contributed by atoms with Gasteiger partial charge in [-0.05, 0) is 16.7 Å². The minimum absolute atomic E-state index is 0.334. The molecule has 1 heterocycles. The molecule has 1 atom stereocenters. The van der Waals surface area contributed by atoms with Gasteiger partial charge in [-0.3, -0.25) is 4.79 Å². The second-order valence-electron chi connectivity index (χ2n) is 3.34. The number of azide groups is 1. The first-order valence-corrected chi connectivity index (χ1v) is 4.68. The Kier molecular flexibility index (Phi) is 2.57. The fraction of sp³-hybridized carbons (Fsp3) is 0.200. The third kappa shape index (κ3) is 1.62. The molecule has 0 saturated carbocycles. The highest BCUT2D eigenvalue weighted by atomic mass is 16.2. The molecule has 16 heavy (non-hydrogen) atoms. The van der Waals surface area contributed by atoms with E-state index in [0.717, 1.165) is 5.56 Å². The molecule has 1 aromatic rings. The molecule has 1 aromatic carbocycles. The van der Waals surface area contributed by atoms with Crippen molar-refractivity contribution in [2.24, 2.45) is 10.2 Å². The van der Waals surface area contributed by atoms with Gasteiger partial charge in [0, 0.05) is 12.0 Å². The molecule has 0 saturated heterocycles. The van der Waals surface area contributed by atoms with Gasteiger partial charge in [-0.15, -0.1) is 0 Å². The molecule has 0 N–H and O–H groups in total. The number of carbonyl (C=O) groups excluding carboxylic acids is 1. The van der Waals surface area contributed by atoms with E-state index in [1.165, 1.54) is 12.1 Å². The second kappa shape index (κ2) is 4.04. The molecule has 0 aromatic heterocycles. The Morgan fingerprint density at radius 3 is 3.00 bits per heavy atom. The number of rotatable bonds is 1. The molecular formula is C10H9N5O. The molecule has 1 aliphatic heterocycles. The summed E-state index contributed by atoms with van der Waals surface area (Å²) in [5.74, 6) is -0.334. The lowest BCUT2D eigenvalue weighted by atomic mass is 10.0. The van der Waals surface area contributed by atoms with E-state index in [0.29, 0.717) is 5.56 Å². The van der Waals surface area contributed by atoms with E-state index in [9.17, 15) is 4.79 Å². The maximum absolute atomic E-state index is 11.8. The predicted octanol–water partition coefficient (Wildman–Crippen LogP) is 1.84. The fourth-order valence-electron chi connectivity index (χ4n) is 1.56. The monoisotopic (exact) mass is 215 g/mol. The van der Waals surface area contributed by atoms with Crippen LogP contribution < -0.4 is 0 Å². The Morgan fingerprint density at radius 1 is 1.50 bits per heavy atom. The summed E-state index contributed by atoms with van der Waals surface area (Å²) in [5, 5.41) is 8.66. The van der Waals surface area contributed by atoms with Crippen LogP contribution in [0.5, 0.6) is 0 Å². The molecule has 0 spiro atoms. The number of hydrogen-bond acceptors (Lipinski definition) is 3. The Labute approximate surface area is 91.8 Å². The number of carbonyl (C=O) groups is 1. The van der Waals surface area contributed by atoms with Crippen LogP contribution in [0.25, 0.3) is 10.4 Å². The molecule has 0 radical (unpaired) electrons. The van der Waals surface area contributed by atoms with Gasteiger partial charge in [-0.1, -0.05) is 29.4 Å². The maximum Gasteiger partial charge on any atom is 0.255 e. The van der Waals surface area contributed by atoms with E-state index in [1.54, 1.807) is 18.3 Å². The molecule has 6 nitrogen and oxygen atoms in total. The lowest BCUT2D eigenvalue weighted by Crippen LogP contribution is -2.25. The number of benzene rings is 1. The lowest BCUT2D eigenvalue weighted by molar-refractivity contribution is -0.131. The highest BCUT2D eigenvalue weighted by molar-refractivity contribution is 5.92. The van der Waals surface area contributed by atoms with Gasteiger partial charge in [0.05, 0.1) is 6.21 Å². The lowest BCUT2D eigenvalue weighted by Gasteiger charge is -2.13. The quantitative estimate of drug-likeness (QED) is 0.399. The molecule has 1 unspecified atom stereocenters. The van der Waals surface area contributed by atoms with E-state index >= 15 is 0 Å². The summed E-state index contributed by atoms with van der Waals surface area (Å²) in [7, 11) is 1.53. The minimum atomic E-state index is -0.839. The number of amides is 1. The maximum atomic E-state index is 11.8. The molecule has 6 heteroatoms. The molecule has 0 fully saturated rings. The fourth-order valence-corrected chi connectivity index (χ4v) is 1.56. The summed E-state index contributed by atoms with van der Waals surface area (Å²) in [5.41, 5.74) is 9.96. The summed E-state index contributed by atoms with van der Waals surface area (Å²) in [4.78, 5) is 14.6. The topological polar surface area (TPSA) is 81.4 Å². The van der Waals surface area contributed by atoms with Crippen LogP contribution in [0.4, 0.5) is 0 Å². The SMILES string of the molecule is CN1N=Cc2ccccc2C(N=[N+]=[N-])C1=O. The van der Waals surface area contributed by atoms with Gasteiger partial charge in [-0.2, -0.15) is 5.10 Å². The number of fused-ring (bicyclic) bond motifs is 1. The largest absolute Gasteiger partial charge is 0.272 e. The van der Waals surface area contributed by atoms with Gasteiger partial charge in [0.25, 0.3) is 5.91 Å². The van der Waals surface area contributed by atoms with E-state index in [1.807, 2.05) is 12.1 Å². The van der Waals surface area contributed by atoms with Gasteiger partial charge in [0.15, 0.2) is 0 Å². The van der Waals surface area contributed by atoms with Crippen LogP contribution in [0.1, 0.15) is 17.2 Å². The van der Waals surface area contributed by atoms with Crippen LogP contribution in [-0.4, -0.2) is 24.2 Å². The van der Waals surface area contributed by atoms with Crippen LogP contribution in [-0.2, 0) is 4.79 Å². The third-order valence-electron chi connectivity index (χ3n) is 2.38. The Balaban J connectivity index is 2.60. The number of nitrogens with zero attached hydrogens (tertiary/aromatic N) is 5. The van der Waals surface area contributed by atoms with Crippen molar-refractivity contribution in [2.45, 2.75) is 6.04 Å². The van der Waals surface area contributed by atoms with E-state index < -0.39 is 6.04 Å². The van der Waals surface area contributed by atoms with Crippen molar-refractivity contribution >= 4 is 12.1 Å². The zero-order valence-corrected chi connectivity index (χ0v) is 8.61. The number of hydrogen-bond donors (Lipinski definition) is 0. The molecular weight excluding hydrogens is 206 g/mol. The van der Waals surface area contributed by atoms with E-state index in [4.69, 9.17) is 5.53 Å². The van der Waals surface area contributed by atoms with Gasteiger partial charge < -0.3 is 0 Å². The van der Waals surface area contributed by atoms with Crippen molar-refractivity contribution in [3.63, 3.8) is 0 Å². The summed E-state index contributed by atoms with van der Waals surface area (Å²) < 4.78 is 0. The summed E-state index contributed by atoms with van der Waals surface area (Å²) in [6, 6.07) is 6.38. The van der Waals surface area contributed by atoms with Crippen molar-refractivity contribution in [3.05, 3.63) is 45.8 Å². The first-order valence-electron chi connectivity index (χ1n) is 4.68. The Morgan fingerprint density at radius 2 is 2.25 bits per heavy atom. The Hall–Kier alpha value is -2.33. The molecule has 0 aliphatic carbocycles. The average Bonchev–Trinajstić information content (AvgIpc) is 2.42. The van der Waals surface area contributed by atoms with E-state index in [-0.39, 0.29) is 5.91 Å². The minimum Gasteiger partial charge on any atom is -0.272 e. The predicted molar refractivity (Wildman–Crippen MR) is 58.7 cm³/mol. The van der Waals surface area contributed by atoms with Crippen LogP contribution >= 0.6 is 0 Å². The van der Waals surface area contributed by atoms with Crippen molar-refractivity contribution in [1.29, 1.82) is 0 Å². The summed E-state index contributed by atoms with van der Waals surface area (Å²) in [6.45, 7) is 0. The molecule has 1 aliphatic rings. The second-order valence-corrected chi connectivity index (χ2v) is 3.34. The van der Waals surface area contributed by atoms with Crippen molar-refractivity contribution in [3.8, 4) is 0 Å². The molecule has 1 amide bonds. The van der Waals surface area contributed by atoms with E-state index in [2.05, 4.69) is 15.1 Å². The van der Waals surface area contributed by atoms with Crippen LogP contribution in [0.3, 0.4) is 0 Å². The third-order valence-corrected chi connectivity index (χ3v) is 2.38. The molecule has 0 bridgehead atoms. The summed E-state index contributed by atoms with van der Waals surface area (Å²) in [6.07, 6.45) is 1.58. The van der Waals surface area contributed by atoms with Gasteiger partial charge >= 0.3 is 0 Å². The summed E-state index contributed by atoms with van der Waals surface area (Å²) >= 11 is 0. The number of hydrazone groups is 1. The standard InChI is InChI=1S/C10H9N5O/c1-15-10(16)9(13-14-11)8-5-3-2-4-7(8)6-12-15/h2-6,9H,1H3. The van der Waals surface area contributed by atoms with Crippen LogP contribution in [0.15, 0.2) is 34.5 Å². The van der Waals surface area contributed by atoms with Gasteiger partial charge in [0.1, 0.15) is 6.04 Å². The zero-order valence-electron chi connectivity index (χ0n) is 8.61. The van der Waals surface area contributed by atoms with Crippen molar-refractivity contribution in [1.82, 2.24) is 5.01 Å². The normalized spacial score (nSPS) is 18.7. The Bertz CT molecular complexity index is 504. The van der Waals surface area contributed by atoms with Crippen molar-refractivity contribution in [2.75, 3.05) is 7.05 Å². The number of likely N-dealkylation sites (N-methyl/N-ethyl adjacent to an activating group) is 1.